The zero-order valence-corrected chi connectivity index (χ0v) is 18.3. The van der Waals surface area contributed by atoms with E-state index < -0.39 is 0 Å². The molecule has 0 bridgehead atoms. The van der Waals surface area contributed by atoms with Crippen LogP contribution in [0.1, 0.15) is 31.9 Å². The number of rotatable bonds is 9. The van der Waals surface area contributed by atoms with Crippen molar-refractivity contribution in [2.75, 3.05) is 13.2 Å². The molecule has 2 rings (SSSR count). The Hall–Kier alpha value is -0.940. The van der Waals surface area contributed by atoms with Crippen molar-refractivity contribution in [1.29, 1.82) is 0 Å². The predicted molar refractivity (Wildman–Crippen MR) is 113 cm³/mol. The molecule has 26 heavy (non-hydrogen) atoms. The van der Waals surface area contributed by atoms with Gasteiger partial charge in [0.15, 0.2) is 11.5 Å². The lowest BCUT2D eigenvalue weighted by molar-refractivity contribution is 0.267. The van der Waals surface area contributed by atoms with Gasteiger partial charge in [0.25, 0.3) is 0 Å². The molecule has 0 saturated carbocycles. The van der Waals surface area contributed by atoms with E-state index in [-0.39, 0.29) is 6.61 Å². The fourth-order valence-corrected chi connectivity index (χ4v) is 3.56. The number of benzene rings is 2. The molecule has 0 aliphatic heterocycles. The van der Waals surface area contributed by atoms with Gasteiger partial charge in [0.2, 0.25) is 0 Å². The summed E-state index contributed by atoms with van der Waals surface area (Å²) in [5, 5.41) is 4.61. The lowest BCUT2D eigenvalue weighted by atomic mass is 10.1. The molecule has 3 nitrogen and oxygen atoms in total. The smallest absolute Gasteiger partial charge is 0.175 e. The van der Waals surface area contributed by atoms with Crippen molar-refractivity contribution >= 4 is 39.1 Å². The van der Waals surface area contributed by atoms with Crippen LogP contribution in [0.5, 0.6) is 11.5 Å². The van der Waals surface area contributed by atoms with E-state index in [2.05, 4.69) is 35.1 Å². The summed E-state index contributed by atoms with van der Waals surface area (Å²) in [5.41, 5.74) is 1.89. The van der Waals surface area contributed by atoms with Crippen molar-refractivity contribution in [2.45, 2.75) is 33.9 Å². The Morgan fingerprint density at radius 1 is 1.12 bits per heavy atom. The summed E-state index contributed by atoms with van der Waals surface area (Å²) >= 11 is 16.1. The fraction of sp³-hybridized carbons (Fsp3) is 0.400. The van der Waals surface area contributed by atoms with Gasteiger partial charge in [-0.1, -0.05) is 43.1 Å². The van der Waals surface area contributed by atoms with Crippen molar-refractivity contribution in [3.63, 3.8) is 0 Å². The Bertz CT molecular complexity index is 718. The molecule has 142 valence electrons. The lowest BCUT2D eigenvalue weighted by Crippen LogP contribution is -2.19. The standard InChI is InChI=1S/C20H24BrCl2NO2/c1-4-25-19-9-14(11-24-10-13(2)3)8-16(21)20(19)26-12-15-17(22)6-5-7-18(15)23/h5-9,13,24H,4,10-12H2,1-3H3. The fourth-order valence-electron chi connectivity index (χ4n) is 2.45. The first-order valence-corrected chi connectivity index (χ1v) is 10.2. The highest BCUT2D eigenvalue weighted by Gasteiger charge is 2.14. The summed E-state index contributed by atoms with van der Waals surface area (Å²) in [5.74, 6) is 1.95. The molecule has 2 aromatic rings. The Morgan fingerprint density at radius 3 is 2.42 bits per heavy atom. The van der Waals surface area contributed by atoms with Gasteiger partial charge in [0, 0.05) is 22.2 Å². The van der Waals surface area contributed by atoms with Crippen LogP contribution >= 0.6 is 39.1 Å². The molecule has 0 spiro atoms. The van der Waals surface area contributed by atoms with Crippen LogP contribution in [0.2, 0.25) is 10.0 Å². The minimum Gasteiger partial charge on any atom is -0.490 e. The molecule has 6 heteroatoms. The van der Waals surface area contributed by atoms with Crippen molar-refractivity contribution in [3.05, 3.63) is 56.0 Å². The van der Waals surface area contributed by atoms with E-state index in [9.17, 15) is 0 Å². The summed E-state index contributed by atoms with van der Waals surface area (Å²) in [7, 11) is 0. The van der Waals surface area contributed by atoms with Gasteiger partial charge in [-0.05, 0) is 65.1 Å². The number of nitrogens with one attached hydrogen (secondary N) is 1. The highest BCUT2D eigenvalue weighted by atomic mass is 79.9. The Balaban J connectivity index is 2.18. The summed E-state index contributed by atoms with van der Waals surface area (Å²) in [4.78, 5) is 0. The minimum absolute atomic E-state index is 0.266. The topological polar surface area (TPSA) is 30.5 Å². The van der Waals surface area contributed by atoms with Gasteiger partial charge in [0.05, 0.1) is 11.1 Å². The summed E-state index contributed by atoms with van der Waals surface area (Å²) in [6, 6.07) is 9.46. The molecule has 1 N–H and O–H groups in total. The minimum atomic E-state index is 0.266. The van der Waals surface area contributed by atoms with Crippen molar-refractivity contribution in [2.24, 2.45) is 5.92 Å². The summed E-state index contributed by atoms with van der Waals surface area (Å²) in [6.45, 7) is 8.88. The average Bonchev–Trinajstić information content (AvgIpc) is 2.56. The van der Waals surface area contributed by atoms with Crippen molar-refractivity contribution in [1.82, 2.24) is 5.32 Å². The van der Waals surface area contributed by atoms with E-state index in [0.29, 0.717) is 34.1 Å². The summed E-state index contributed by atoms with van der Waals surface area (Å²) in [6.07, 6.45) is 0. The summed E-state index contributed by atoms with van der Waals surface area (Å²) < 4.78 is 12.6. The van der Waals surface area contributed by atoms with Crippen molar-refractivity contribution in [3.8, 4) is 11.5 Å². The van der Waals surface area contributed by atoms with Gasteiger partial charge in [-0.15, -0.1) is 0 Å². The average molecular weight is 461 g/mol. The molecule has 0 aromatic heterocycles. The monoisotopic (exact) mass is 459 g/mol. The molecule has 0 aliphatic carbocycles. The maximum Gasteiger partial charge on any atom is 0.175 e. The first-order chi connectivity index (χ1) is 12.4. The van der Waals surface area contributed by atoms with Gasteiger partial charge in [-0.25, -0.2) is 0 Å². The predicted octanol–water partition coefficient (Wildman–Crippen LogP) is 6.48. The van der Waals surface area contributed by atoms with Gasteiger partial charge in [-0.3, -0.25) is 0 Å². The van der Waals surface area contributed by atoms with Gasteiger partial charge < -0.3 is 14.8 Å². The van der Waals surface area contributed by atoms with E-state index in [4.69, 9.17) is 32.7 Å². The molecule has 0 aliphatic rings. The van der Waals surface area contributed by atoms with Crippen LogP contribution in [0.15, 0.2) is 34.8 Å². The third kappa shape index (κ3) is 6.05. The zero-order valence-electron chi connectivity index (χ0n) is 15.2. The number of halogens is 3. The second kappa shape index (κ2) is 10.4. The maximum atomic E-state index is 6.23. The second-order valence-corrected chi connectivity index (χ2v) is 8.02. The lowest BCUT2D eigenvalue weighted by Gasteiger charge is -2.17. The molecule has 0 amide bonds. The van der Waals surface area contributed by atoms with Crippen LogP contribution in [0.25, 0.3) is 0 Å². The van der Waals surface area contributed by atoms with E-state index >= 15 is 0 Å². The van der Waals surface area contributed by atoms with Crippen LogP contribution < -0.4 is 14.8 Å². The molecule has 0 atom stereocenters. The largest absolute Gasteiger partial charge is 0.490 e. The Morgan fingerprint density at radius 2 is 1.81 bits per heavy atom. The molecule has 2 aromatic carbocycles. The van der Waals surface area contributed by atoms with Crippen LogP contribution in [0, 0.1) is 5.92 Å². The van der Waals surface area contributed by atoms with Crippen LogP contribution in [0.4, 0.5) is 0 Å². The molecular formula is C20H24BrCl2NO2. The Labute approximate surface area is 174 Å². The number of hydrogen-bond acceptors (Lipinski definition) is 3. The second-order valence-electron chi connectivity index (χ2n) is 6.35. The molecule has 0 heterocycles. The molecule has 0 fully saturated rings. The first-order valence-electron chi connectivity index (χ1n) is 8.64. The quantitative estimate of drug-likeness (QED) is 0.464. The highest BCUT2D eigenvalue weighted by molar-refractivity contribution is 9.10. The molecule has 0 saturated heterocycles. The van der Waals surface area contributed by atoms with Gasteiger partial charge in [-0.2, -0.15) is 0 Å². The van der Waals surface area contributed by atoms with E-state index in [1.54, 1.807) is 12.1 Å². The first kappa shape index (κ1) is 21.4. The Kier molecular flexibility index (Phi) is 8.55. The van der Waals surface area contributed by atoms with E-state index in [0.717, 1.165) is 28.7 Å². The van der Waals surface area contributed by atoms with Crippen LogP contribution in [-0.4, -0.2) is 13.2 Å². The molecule has 0 unspecified atom stereocenters. The maximum absolute atomic E-state index is 6.23. The van der Waals surface area contributed by atoms with E-state index in [1.807, 2.05) is 25.1 Å². The third-order valence-electron chi connectivity index (χ3n) is 3.67. The highest BCUT2D eigenvalue weighted by Crippen LogP contribution is 2.38. The third-order valence-corrected chi connectivity index (χ3v) is 4.97. The zero-order chi connectivity index (χ0) is 19.1. The molecule has 0 radical (unpaired) electrons. The normalized spacial score (nSPS) is 11.0. The van der Waals surface area contributed by atoms with Gasteiger partial charge >= 0.3 is 0 Å². The van der Waals surface area contributed by atoms with Crippen molar-refractivity contribution < 1.29 is 9.47 Å². The van der Waals surface area contributed by atoms with Crippen LogP contribution in [0.3, 0.4) is 0 Å². The van der Waals surface area contributed by atoms with Crippen LogP contribution in [-0.2, 0) is 13.2 Å². The van der Waals surface area contributed by atoms with E-state index in [1.165, 1.54) is 0 Å². The number of hydrogen-bond donors (Lipinski definition) is 1. The number of ether oxygens (including phenoxy) is 2. The van der Waals surface area contributed by atoms with Gasteiger partial charge in [0.1, 0.15) is 6.61 Å². The SMILES string of the molecule is CCOc1cc(CNCC(C)C)cc(Br)c1OCc1c(Cl)cccc1Cl. The molecular weight excluding hydrogens is 437 g/mol.